The summed E-state index contributed by atoms with van der Waals surface area (Å²) in [6.45, 7) is 0. The first-order chi connectivity index (χ1) is 9.13. The monoisotopic (exact) mass is 350 g/mol. The predicted molar refractivity (Wildman–Crippen MR) is 78.8 cm³/mol. The SMILES string of the molecule is NNC(CSC1CCCC1)c1c(F)ccc(Br)c1F. The number of benzene rings is 1. The van der Waals surface area contributed by atoms with E-state index in [4.69, 9.17) is 5.84 Å². The van der Waals surface area contributed by atoms with Gasteiger partial charge in [-0.15, -0.1) is 0 Å². The van der Waals surface area contributed by atoms with Gasteiger partial charge in [-0.05, 0) is 40.9 Å². The molecule has 1 fully saturated rings. The van der Waals surface area contributed by atoms with Gasteiger partial charge in [0.25, 0.3) is 0 Å². The van der Waals surface area contributed by atoms with Gasteiger partial charge >= 0.3 is 0 Å². The number of hydrogen-bond donors (Lipinski definition) is 2. The number of nitrogens with one attached hydrogen (secondary N) is 1. The van der Waals surface area contributed by atoms with Gasteiger partial charge < -0.3 is 0 Å². The summed E-state index contributed by atoms with van der Waals surface area (Å²) in [6, 6.07) is 2.11. The van der Waals surface area contributed by atoms with E-state index in [1.807, 2.05) is 0 Å². The molecule has 0 spiro atoms. The number of hydrazine groups is 1. The van der Waals surface area contributed by atoms with Crippen LogP contribution in [0.2, 0.25) is 0 Å². The molecule has 1 aliphatic rings. The molecule has 1 unspecified atom stereocenters. The van der Waals surface area contributed by atoms with E-state index in [1.165, 1.54) is 37.8 Å². The molecule has 1 aromatic carbocycles. The number of halogens is 3. The van der Waals surface area contributed by atoms with Crippen molar-refractivity contribution in [1.82, 2.24) is 5.43 Å². The van der Waals surface area contributed by atoms with E-state index < -0.39 is 17.7 Å². The summed E-state index contributed by atoms with van der Waals surface area (Å²) in [6.07, 6.45) is 4.87. The summed E-state index contributed by atoms with van der Waals surface area (Å²) in [5.74, 6) is 4.91. The van der Waals surface area contributed by atoms with Gasteiger partial charge in [-0.1, -0.05) is 12.8 Å². The summed E-state index contributed by atoms with van der Waals surface area (Å²) in [5, 5.41) is 0.592. The Bertz CT molecular complexity index is 439. The van der Waals surface area contributed by atoms with Crippen molar-refractivity contribution in [3.63, 3.8) is 0 Å². The van der Waals surface area contributed by atoms with Crippen LogP contribution in [0.4, 0.5) is 8.78 Å². The zero-order valence-corrected chi connectivity index (χ0v) is 12.9. The third kappa shape index (κ3) is 3.68. The van der Waals surface area contributed by atoms with Crippen LogP contribution >= 0.6 is 27.7 Å². The molecule has 106 valence electrons. The van der Waals surface area contributed by atoms with Crippen molar-refractivity contribution in [3.8, 4) is 0 Å². The van der Waals surface area contributed by atoms with E-state index in [0.717, 1.165) is 0 Å². The van der Waals surface area contributed by atoms with Crippen LogP contribution in [0.25, 0.3) is 0 Å². The van der Waals surface area contributed by atoms with Gasteiger partial charge in [0.1, 0.15) is 11.6 Å². The Morgan fingerprint density at radius 2 is 2.05 bits per heavy atom. The minimum absolute atomic E-state index is 0.0161. The molecule has 0 radical (unpaired) electrons. The third-order valence-electron chi connectivity index (χ3n) is 3.43. The molecular weight excluding hydrogens is 334 g/mol. The first-order valence-electron chi connectivity index (χ1n) is 6.34. The van der Waals surface area contributed by atoms with Crippen molar-refractivity contribution >= 4 is 27.7 Å². The summed E-state index contributed by atoms with van der Waals surface area (Å²) >= 11 is 4.82. The zero-order chi connectivity index (χ0) is 13.8. The highest BCUT2D eigenvalue weighted by atomic mass is 79.9. The topological polar surface area (TPSA) is 38.0 Å². The fourth-order valence-electron chi connectivity index (χ4n) is 2.36. The van der Waals surface area contributed by atoms with E-state index in [1.54, 1.807) is 11.8 Å². The second kappa shape index (κ2) is 7.02. The number of nitrogens with two attached hydrogens (primary N) is 1. The molecule has 0 aromatic heterocycles. The van der Waals surface area contributed by atoms with Crippen LogP contribution in [0.15, 0.2) is 16.6 Å². The Hall–Kier alpha value is -0.170. The molecule has 2 nitrogen and oxygen atoms in total. The maximum Gasteiger partial charge on any atom is 0.145 e. The fourth-order valence-corrected chi connectivity index (χ4v) is 4.10. The minimum Gasteiger partial charge on any atom is -0.271 e. The molecule has 0 bridgehead atoms. The highest BCUT2D eigenvalue weighted by Gasteiger charge is 2.23. The molecule has 2 rings (SSSR count). The third-order valence-corrected chi connectivity index (χ3v) is 5.51. The van der Waals surface area contributed by atoms with Crippen molar-refractivity contribution in [2.24, 2.45) is 5.84 Å². The molecule has 1 aliphatic carbocycles. The molecular formula is C13H17BrF2N2S. The second-order valence-corrected chi connectivity index (χ2v) is 6.90. The van der Waals surface area contributed by atoms with Crippen molar-refractivity contribution in [2.75, 3.05) is 5.75 Å². The van der Waals surface area contributed by atoms with Gasteiger partial charge in [-0.3, -0.25) is 11.3 Å². The van der Waals surface area contributed by atoms with Crippen molar-refractivity contribution < 1.29 is 8.78 Å². The van der Waals surface area contributed by atoms with Crippen LogP contribution < -0.4 is 11.3 Å². The molecule has 0 aliphatic heterocycles. The lowest BCUT2D eigenvalue weighted by atomic mass is 10.1. The number of thioether (sulfide) groups is 1. The van der Waals surface area contributed by atoms with Gasteiger partial charge in [-0.2, -0.15) is 11.8 Å². The van der Waals surface area contributed by atoms with Crippen molar-refractivity contribution in [3.05, 3.63) is 33.8 Å². The normalized spacial score (nSPS) is 17.9. The summed E-state index contributed by atoms with van der Waals surface area (Å²) in [4.78, 5) is 0. The van der Waals surface area contributed by atoms with Crippen LogP contribution in [0.5, 0.6) is 0 Å². The van der Waals surface area contributed by atoms with Gasteiger partial charge in [-0.25, -0.2) is 8.78 Å². The Balaban J connectivity index is 2.10. The summed E-state index contributed by atoms with van der Waals surface area (Å²) < 4.78 is 28.1. The van der Waals surface area contributed by atoms with Gasteiger partial charge in [0.2, 0.25) is 0 Å². The van der Waals surface area contributed by atoms with Crippen LogP contribution in [-0.2, 0) is 0 Å². The van der Waals surface area contributed by atoms with Crippen LogP contribution in [0.3, 0.4) is 0 Å². The lowest BCUT2D eigenvalue weighted by Gasteiger charge is -2.20. The highest BCUT2D eigenvalue weighted by molar-refractivity contribution is 9.10. The average molecular weight is 351 g/mol. The first-order valence-corrected chi connectivity index (χ1v) is 8.18. The molecule has 0 saturated heterocycles. The van der Waals surface area contributed by atoms with E-state index >= 15 is 0 Å². The standard InChI is InChI=1S/C13H17BrF2N2S/c14-9-5-6-10(15)12(13(9)16)11(18-17)7-19-8-3-1-2-4-8/h5-6,8,11,18H,1-4,7,17H2. The first kappa shape index (κ1) is 15.2. The molecule has 3 N–H and O–H groups in total. The fraction of sp³-hybridized carbons (Fsp3) is 0.538. The molecule has 6 heteroatoms. The Morgan fingerprint density at radius 3 is 2.68 bits per heavy atom. The maximum atomic E-state index is 14.0. The van der Waals surface area contributed by atoms with Gasteiger partial charge in [0, 0.05) is 16.6 Å². The minimum atomic E-state index is -0.574. The Morgan fingerprint density at radius 1 is 1.37 bits per heavy atom. The molecule has 1 aromatic rings. The summed E-state index contributed by atoms with van der Waals surface area (Å²) in [5.41, 5.74) is 2.55. The van der Waals surface area contributed by atoms with Crippen molar-refractivity contribution in [1.29, 1.82) is 0 Å². The van der Waals surface area contributed by atoms with Crippen LogP contribution in [-0.4, -0.2) is 11.0 Å². The van der Waals surface area contributed by atoms with E-state index in [-0.39, 0.29) is 10.0 Å². The van der Waals surface area contributed by atoms with Crippen LogP contribution in [0.1, 0.15) is 37.3 Å². The Labute approximate surface area is 124 Å². The summed E-state index contributed by atoms with van der Waals surface area (Å²) in [7, 11) is 0. The van der Waals surface area contributed by atoms with Gasteiger partial charge in [0.15, 0.2) is 0 Å². The molecule has 19 heavy (non-hydrogen) atoms. The largest absolute Gasteiger partial charge is 0.271 e. The highest BCUT2D eigenvalue weighted by Crippen LogP contribution is 2.34. The zero-order valence-electron chi connectivity index (χ0n) is 10.5. The second-order valence-electron chi connectivity index (χ2n) is 4.72. The predicted octanol–water partition coefficient (Wildman–Crippen LogP) is 3.91. The van der Waals surface area contributed by atoms with E-state index in [0.29, 0.717) is 11.0 Å². The average Bonchev–Trinajstić information content (AvgIpc) is 2.91. The van der Waals surface area contributed by atoms with Crippen LogP contribution in [0, 0.1) is 11.6 Å². The van der Waals surface area contributed by atoms with E-state index in [2.05, 4.69) is 21.4 Å². The van der Waals surface area contributed by atoms with Crippen molar-refractivity contribution in [2.45, 2.75) is 37.0 Å². The molecule has 1 atom stereocenters. The Kier molecular flexibility index (Phi) is 5.62. The number of rotatable bonds is 5. The molecule has 0 amide bonds. The lowest BCUT2D eigenvalue weighted by Crippen LogP contribution is -2.31. The molecule has 1 saturated carbocycles. The smallest absolute Gasteiger partial charge is 0.145 e. The number of hydrogen-bond acceptors (Lipinski definition) is 3. The van der Waals surface area contributed by atoms with E-state index in [9.17, 15) is 8.78 Å². The quantitative estimate of drug-likeness (QED) is 0.480. The lowest BCUT2D eigenvalue weighted by molar-refractivity contribution is 0.497. The maximum absolute atomic E-state index is 14.0. The molecule has 0 heterocycles. The van der Waals surface area contributed by atoms with Gasteiger partial charge in [0.05, 0.1) is 10.5 Å².